The van der Waals surface area contributed by atoms with Gasteiger partial charge in [-0.3, -0.25) is 0 Å². The molecule has 0 aliphatic carbocycles. The van der Waals surface area contributed by atoms with Crippen LogP contribution in [0.2, 0.25) is 0 Å². The molecule has 1 N–H and O–H groups in total. The summed E-state index contributed by atoms with van der Waals surface area (Å²) in [6.45, 7) is 3.05. The molecule has 0 saturated heterocycles. The Balaban J connectivity index is 1.62. The molecule has 158 valence electrons. The number of methoxy groups -OCH3 is 2. The SMILES string of the molecule is COCC1COc2c(-c3nc4ccc(OC)cc4[nH]3)cccc2N1c1ccc(C)cn1. The van der Waals surface area contributed by atoms with Crippen LogP contribution in [0, 0.1) is 6.92 Å². The number of aryl methyl sites for hydroxylation is 1. The average molecular weight is 416 g/mol. The van der Waals surface area contributed by atoms with E-state index in [1.54, 1.807) is 14.2 Å². The Morgan fingerprint density at radius 1 is 1.16 bits per heavy atom. The molecule has 2 aromatic carbocycles. The van der Waals surface area contributed by atoms with Crippen LogP contribution in [0.5, 0.6) is 11.5 Å². The molecule has 0 amide bonds. The van der Waals surface area contributed by atoms with Crippen LogP contribution in [0.25, 0.3) is 22.4 Å². The highest BCUT2D eigenvalue weighted by Gasteiger charge is 2.32. The predicted molar refractivity (Wildman–Crippen MR) is 120 cm³/mol. The number of H-pyrrole nitrogens is 1. The summed E-state index contributed by atoms with van der Waals surface area (Å²) in [5, 5.41) is 0. The van der Waals surface area contributed by atoms with Crippen molar-refractivity contribution in [3.05, 3.63) is 60.3 Å². The molecule has 0 radical (unpaired) electrons. The number of ether oxygens (including phenoxy) is 3. The van der Waals surface area contributed by atoms with Crippen molar-refractivity contribution in [1.29, 1.82) is 0 Å². The molecule has 1 unspecified atom stereocenters. The Kier molecular flexibility index (Phi) is 4.95. The van der Waals surface area contributed by atoms with Gasteiger partial charge in [0, 0.05) is 19.4 Å². The van der Waals surface area contributed by atoms with Crippen LogP contribution in [-0.4, -0.2) is 48.4 Å². The first-order chi connectivity index (χ1) is 15.2. The molecular formula is C24H24N4O3. The van der Waals surface area contributed by atoms with Gasteiger partial charge < -0.3 is 24.1 Å². The number of fused-ring (bicyclic) bond motifs is 2. The molecule has 5 rings (SSSR count). The Bertz CT molecular complexity index is 1220. The fraction of sp³-hybridized carbons (Fsp3) is 0.250. The normalized spacial score (nSPS) is 15.6. The highest BCUT2D eigenvalue weighted by molar-refractivity contribution is 5.85. The van der Waals surface area contributed by atoms with Crippen LogP contribution in [0.1, 0.15) is 5.56 Å². The van der Waals surface area contributed by atoms with Gasteiger partial charge in [-0.25, -0.2) is 9.97 Å². The van der Waals surface area contributed by atoms with Gasteiger partial charge in [0.2, 0.25) is 0 Å². The first-order valence-electron chi connectivity index (χ1n) is 10.2. The minimum atomic E-state index is 0.0166. The third kappa shape index (κ3) is 3.47. The van der Waals surface area contributed by atoms with E-state index >= 15 is 0 Å². The van der Waals surface area contributed by atoms with E-state index in [4.69, 9.17) is 19.2 Å². The third-order valence-corrected chi connectivity index (χ3v) is 5.48. The summed E-state index contributed by atoms with van der Waals surface area (Å²) in [5.74, 6) is 3.18. The van der Waals surface area contributed by atoms with E-state index in [0.717, 1.165) is 51.0 Å². The molecule has 1 aliphatic rings. The number of anilines is 2. The van der Waals surface area contributed by atoms with Gasteiger partial charge in [0.25, 0.3) is 0 Å². The molecule has 3 heterocycles. The van der Waals surface area contributed by atoms with Crippen molar-refractivity contribution < 1.29 is 14.2 Å². The lowest BCUT2D eigenvalue weighted by molar-refractivity contribution is 0.146. The largest absolute Gasteiger partial charge is 0.497 e. The minimum absolute atomic E-state index is 0.0166. The monoisotopic (exact) mass is 416 g/mol. The van der Waals surface area contributed by atoms with Crippen molar-refractivity contribution >= 4 is 22.5 Å². The van der Waals surface area contributed by atoms with Gasteiger partial charge in [-0.05, 0) is 42.8 Å². The first kappa shape index (κ1) is 19.4. The number of para-hydroxylation sites is 1. The summed E-state index contributed by atoms with van der Waals surface area (Å²) in [7, 11) is 3.36. The summed E-state index contributed by atoms with van der Waals surface area (Å²) < 4.78 is 17.1. The second-order valence-corrected chi connectivity index (χ2v) is 7.61. The maximum Gasteiger partial charge on any atom is 0.154 e. The number of imidazole rings is 1. The average Bonchev–Trinajstić information content (AvgIpc) is 3.22. The molecule has 0 saturated carbocycles. The highest BCUT2D eigenvalue weighted by Crippen LogP contribution is 2.44. The van der Waals surface area contributed by atoms with E-state index in [1.165, 1.54) is 0 Å². The fourth-order valence-corrected chi connectivity index (χ4v) is 3.97. The third-order valence-electron chi connectivity index (χ3n) is 5.48. The zero-order chi connectivity index (χ0) is 21.4. The zero-order valence-corrected chi connectivity index (χ0v) is 17.8. The van der Waals surface area contributed by atoms with Crippen molar-refractivity contribution in [2.24, 2.45) is 0 Å². The van der Waals surface area contributed by atoms with Crippen LogP contribution in [0.15, 0.2) is 54.7 Å². The number of hydrogen-bond acceptors (Lipinski definition) is 6. The van der Waals surface area contributed by atoms with E-state index in [0.29, 0.717) is 13.2 Å². The van der Waals surface area contributed by atoms with Gasteiger partial charge in [-0.15, -0.1) is 0 Å². The lowest BCUT2D eigenvalue weighted by atomic mass is 10.1. The molecule has 7 heteroatoms. The van der Waals surface area contributed by atoms with Crippen LogP contribution < -0.4 is 14.4 Å². The maximum absolute atomic E-state index is 6.26. The second kappa shape index (κ2) is 7.92. The number of rotatable bonds is 5. The minimum Gasteiger partial charge on any atom is -0.497 e. The fourth-order valence-electron chi connectivity index (χ4n) is 3.97. The number of hydrogen-bond donors (Lipinski definition) is 1. The van der Waals surface area contributed by atoms with Gasteiger partial charge in [-0.2, -0.15) is 0 Å². The quantitative estimate of drug-likeness (QED) is 0.517. The number of nitrogens with zero attached hydrogens (tertiary/aromatic N) is 3. The van der Waals surface area contributed by atoms with Crippen LogP contribution >= 0.6 is 0 Å². The van der Waals surface area contributed by atoms with Gasteiger partial charge in [0.15, 0.2) is 5.75 Å². The second-order valence-electron chi connectivity index (χ2n) is 7.61. The number of nitrogens with one attached hydrogen (secondary N) is 1. The van der Waals surface area contributed by atoms with E-state index < -0.39 is 0 Å². The lowest BCUT2D eigenvalue weighted by Gasteiger charge is -2.38. The number of pyridine rings is 1. The molecule has 0 spiro atoms. The van der Waals surface area contributed by atoms with Gasteiger partial charge in [0.05, 0.1) is 42.0 Å². The van der Waals surface area contributed by atoms with Gasteiger partial charge in [-0.1, -0.05) is 12.1 Å². The predicted octanol–water partition coefficient (Wildman–Crippen LogP) is 4.49. The number of aromatic nitrogens is 3. The summed E-state index contributed by atoms with van der Waals surface area (Å²) in [5.41, 5.74) is 4.75. The van der Waals surface area contributed by atoms with Crippen molar-refractivity contribution in [1.82, 2.24) is 15.0 Å². The summed E-state index contributed by atoms with van der Waals surface area (Å²) >= 11 is 0. The van der Waals surface area contributed by atoms with Crippen molar-refractivity contribution in [2.75, 3.05) is 32.3 Å². The molecule has 0 fully saturated rings. The topological polar surface area (TPSA) is 72.5 Å². The van der Waals surface area contributed by atoms with Crippen molar-refractivity contribution in [2.45, 2.75) is 13.0 Å². The van der Waals surface area contributed by atoms with Crippen LogP contribution in [-0.2, 0) is 4.74 Å². The van der Waals surface area contributed by atoms with Gasteiger partial charge in [0.1, 0.15) is 24.0 Å². The summed E-state index contributed by atoms with van der Waals surface area (Å²) in [6.07, 6.45) is 1.88. The lowest BCUT2D eigenvalue weighted by Crippen LogP contribution is -2.43. The summed E-state index contributed by atoms with van der Waals surface area (Å²) in [6, 6.07) is 16.0. The molecule has 1 aliphatic heterocycles. The Morgan fingerprint density at radius 3 is 2.84 bits per heavy atom. The van der Waals surface area contributed by atoms with Crippen molar-refractivity contribution in [3.63, 3.8) is 0 Å². The van der Waals surface area contributed by atoms with E-state index in [2.05, 4.69) is 20.9 Å². The zero-order valence-electron chi connectivity index (χ0n) is 17.8. The van der Waals surface area contributed by atoms with Gasteiger partial charge >= 0.3 is 0 Å². The first-order valence-corrected chi connectivity index (χ1v) is 10.2. The Hall–Kier alpha value is -3.58. The smallest absolute Gasteiger partial charge is 0.154 e. The number of benzene rings is 2. The standard InChI is InChI=1S/C24H24N4O3/c1-15-7-10-22(25-12-15)28-16(13-29-2)14-31-23-18(5-4-6-21(23)28)24-26-19-9-8-17(30-3)11-20(19)27-24/h4-12,16H,13-14H2,1-3H3,(H,26,27). The molecule has 7 nitrogen and oxygen atoms in total. The molecule has 0 bridgehead atoms. The van der Waals surface area contributed by atoms with Crippen molar-refractivity contribution in [3.8, 4) is 22.9 Å². The van der Waals surface area contributed by atoms with E-state index in [-0.39, 0.29) is 6.04 Å². The molecule has 31 heavy (non-hydrogen) atoms. The highest BCUT2D eigenvalue weighted by atomic mass is 16.5. The molecule has 4 aromatic rings. The van der Waals surface area contributed by atoms with E-state index in [1.807, 2.05) is 55.6 Å². The van der Waals surface area contributed by atoms with Crippen LogP contribution in [0.4, 0.5) is 11.5 Å². The molecular weight excluding hydrogens is 392 g/mol. The maximum atomic E-state index is 6.26. The number of aromatic amines is 1. The molecule has 1 atom stereocenters. The van der Waals surface area contributed by atoms with Crippen LogP contribution in [0.3, 0.4) is 0 Å². The Morgan fingerprint density at radius 2 is 2.06 bits per heavy atom. The Labute approximate surface area is 180 Å². The van der Waals surface area contributed by atoms with E-state index in [9.17, 15) is 0 Å². The summed E-state index contributed by atoms with van der Waals surface area (Å²) in [4.78, 5) is 15.0. The molecule has 2 aromatic heterocycles.